The number of rotatable bonds is 7. The molecule has 0 aromatic heterocycles. The van der Waals surface area contributed by atoms with Gasteiger partial charge in [0.25, 0.3) is 11.8 Å². The van der Waals surface area contributed by atoms with E-state index in [9.17, 15) is 9.59 Å². The fourth-order valence-electron chi connectivity index (χ4n) is 3.91. The third kappa shape index (κ3) is 5.28. The predicted octanol–water partition coefficient (Wildman–Crippen LogP) is 4.50. The monoisotopic (exact) mass is 493 g/mol. The van der Waals surface area contributed by atoms with Crippen LogP contribution >= 0.6 is 0 Å². The van der Waals surface area contributed by atoms with Gasteiger partial charge in [-0.25, -0.2) is 5.43 Å². The first-order valence-corrected chi connectivity index (χ1v) is 11.5. The zero-order valence-electron chi connectivity index (χ0n) is 19.9. The summed E-state index contributed by atoms with van der Waals surface area (Å²) in [5.74, 6) is 0.763. The summed E-state index contributed by atoms with van der Waals surface area (Å²) in [6.07, 6.45) is 3.07. The number of hydrazone groups is 1. The number of hydrogen-bond donors (Lipinski definition) is 2. The zero-order valence-corrected chi connectivity index (χ0v) is 19.9. The van der Waals surface area contributed by atoms with Crippen molar-refractivity contribution in [3.63, 3.8) is 0 Å². The third-order valence-corrected chi connectivity index (χ3v) is 5.75. The molecule has 8 nitrogen and oxygen atoms in total. The van der Waals surface area contributed by atoms with Crippen molar-refractivity contribution in [2.45, 2.75) is 0 Å². The van der Waals surface area contributed by atoms with E-state index in [0.29, 0.717) is 28.4 Å². The Hall–Kier alpha value is -5.11. The molecule has 0 aliphatic carbocycles. The van der Waals surface area contributed by atoms with Crippen LogP contribution in [-0.2, 0) is 4.79 Å². The molecule has 1 aliphatic rings. The fourth-order valence-corrected chi connectivity index (χ4v) is 3.91. The SMILES string of the molecule is COc1ccc2ccccc2c1/C=N\NC(=O)/C(=C\c1ccc2c(c1)OCO2)NC(=O)c1ccccc1. The molecule has 1 heterocycles. The van der Waals surface area contributed by atoms with Crippen molar-refractivity contribution in [2.75, 3.05) is 13.9 Å². The Morgan fingerprint density at radius 1 is 0.919 bits per heavy atom. The number of carbonyl (C=O) groups excluding carboxylic acids is 2. The van der Waals surface area contributed by atoms with E-state index in [4.69, 9.17) is 14.2 Å². The highest BCUT2D eigenvalue weighted by atomic mass is 16.7. The normalized spacial score (nSPS) is 12.5. The summed E-state index contributed by atoms with van der Waals surface area (Å²) >= 11 is 0. The summed E-state index contributed by atoms with van der Waals surface area (Å²) in [5.41, 5.74) is 4.29. The largest absolute Gasteiger partial charge is 0.496 e. The number of hydrogen-bond acceptors (Lipinski definition) is 6. The summed E-state index contributed by atoms with van der Waals surface area (Å²) < 4.78 is 16.3. The molecule has 5 rings (SSSR count). The Balaban J connectivity index is 1.42. The molecule has 2 N–H and O–H groups in total. The molecule has 0 saturated carbocycles. The maximum Gasteiger partial charge on any atom is 0.287 e. The summed E-state index contributed by atoms with van der Waals surface area (Å²) in [6.45, 7) is 0.132. The number of ether oxygens (including phenoxy) is 3. The maximum absolute atomic E-state index is 13.2. The molecule has 0 spiro atoms. The van der Waals surface area contributed by atoms with Gasteiger partial charge in [-0.3, -0.25) is 9.59 Å². The van der Waals surface area contributed by atoms with Crippen LogP contribution in [0.1, 0.15) is 21.5 Å². The van der Waals surface area contributed by atoms with Crippen LogP contribution in [0, 0.1) is 0 Å². The van der Waals surface area contributed by atoms with Crippen molar-refractivity contribution in [3.8, 4) is 17.2 Å². The molecule has 0 bridgehead atoms. The van der Waals surface area contributed by atoms with Gasteiger partial charge in [-0.2, -0.15) is 5.10 Å². The van der Waals surface area contributed by atoms with Gasteiger partial charge >= 0.3 is 0 Å². The Morgan fingerprint density at radius 2 is 1.70 bits per heavy atom. The number of amides is 2. The molecule has 0 saturated heterocycles. The predicted molar refractivity (Wildman–Crippen MR) is 141 cm³/mol. The Kier molecular flexibility index (Phi) is 6.80. The standard InChI is InChI=1S/C29H23N3O5/c1-35-25-14-12-20-7-5-6-10-22(20)23(25)17-30-32-29(34)24(31-28(33)21-8-3-2-4-9-21)15-19-11-13-26-27(16-19)37-18-36-26/h2-17H,18H2,1H3,(H,31,33)(H,32,34)/b24-15+,30-17-. The number of nitrogens with one attached hydrogen (secondary N) is 2. The summed E-state index contributed by atoms with van der Waals surface area (Å²) in [5, 5.41) is 8.78. The topological polar surface area (TPSA) is 98.2 Å². The van der Waals surface area contributed by atoms with E-state index in [1.807, 2.05) is 42.5 Å². The summed E-state index contributed by atoms with van der Waals surface area (Å²) in [6, 6.07) is 25.5. The van der Waals surface area contributed by atoms with E-state index in [1.165, 1.54) is 6.21 Å². The van der Waals surface area contributed by atoms with E-state index in [-0.39, 0.29) is 12.5 Å². The molecular weight excluding hydrogens is 470 g/mol. The van der Waals surface area contributed by atoms with Crippen LogP contribution in [0.15, 0.2) is 95.7 Å². The van der Waals surface area contributed by atoms with Crippen LogP contribution < -0.4 is 25.0 Å². The van der Waals surface area contributed by atoms with Gasteiger partial charge in [0.05, 0.1) is 13.3 Å². The average Bonchev–Trinajstić information content (AvgIpc) is 3.41. The highest BCUT2D eigenvalue weighted by Crippen LogP contribution is 2.33. The average molecular weight is 494 g/mol. The first-order valence-electron chi connectivity index (χ1n) is 11.5. The maximum atomic E-state index is 13.2. The molecule has 4 aromatic carbocycles. The molecule has 0 unspecified atom stereocenters. The van der Waals surface area contributed by atoms with Crippen molar-refractivity contribution in [1.29, 1.82) is 0 Å². The van der Waals surface area contributed by atoms with E-state index in [1.54, 1.807) is 55.7 Å². The molecule has 8 heteroatoms. The minimum atomic E-state index is -0.600. The van der Waals surface area contributed by atoms with Gasteiger partial charge in [-0.1, -0.05) is 54.6 Å². The van der Waals surface area contributed by atoms with E-state index in [0.717, 1.165) is 16.3 Å². The lowest BCUT2D eigenvalue weighted by molar-refractivity contribution is -0.117. The minimum Gasteiger partial charge on any atom is -0.496 e. The van der Waals surface area contributed by atoms with Crippen LogP contribution in [0.25, 0.3) is 16.8 Å². The summed E-state index contributed by atoms with van der Waals surface area (Å²) in [4.78, 5) is 26.0. The summed E-state index contributed by atoms with van der Waals surface area (Å²) in [7, 11) is 1.57. The van der Waals surface area contributed by atoms with Crippen LogP contribution in [0.3, 0.4) is 0 Å². The smallest absolute Gasteiger partial charge is 0.287 e. The number of benzene rings is 4. The first kappa shape index (κ1) is 23.6. The van der Waals surface area contributed by atoms with Crippen molar-refractivity contribution in [3.05, 3.63) is 107 Å². The number of nitrogens with zero attached hydrogens (tertiary/aromatic N) is 1. The van der Waals surface area contributed by atoms with Crippen molar-refractivity contribution < 1.29 is 23.8 Å². The lowest BCUT2D eigenvalue weighted by Crippen LogP contribution is -2.32. The quantitative estimate of drug-likeness (QED) is 0.224. The molecule has 37 heavy (non-hydrogen) atoms. The van der Waals surface area contributed by atoms with Gasteiger partial charge < -0.3 is 19.5 Å². The van der Waals surface area contributed by atoms with Crippen molar-refractivity contribution in [1.82, 2.24) is 10.7 Å². The number of carbonyl (C=O) groups is 2. The van der Waals surface area contributed by atoms with Crippen molar-refractivity contribution >= 4 is 34.9 Å². The molecule has 184 valence electrons. The second kappa shape index (κ2) is 10.7. The van der Waals surface area contributed by atoms with E-state index in [2.05, 4.69) is 15.8 Å². The molecular formula is C29H23N3O5. The molecule has 4 aromatic rings. The Morgan fingerprint density at radius 3 is 2.54 bits per heavy atom. The van der Waals surface area contributed by atoms with Gasteiger partial charge in [-0.15, -0.1) is 0 Å². The molecule has 2 amide bonds. The lowest BCUT2D eigenvalue weighted by Gasteiger charge is -2.10. The zero-order chi connectivity index (χ0) is 25.6. The molecule has 0 atom stereocenters. The van der Waals surface area contributed by atoms with Gasteiger partial charge in [0.2, 0.25) is 6.79 Å². The molecule has 0 radical (unpaired) electrons. The molecule has 1 aliphatic heterocycles. The van der Waals surface area contributed by atoms with Gasteiger partial charge in [0, 0.05) is 11.1 Å². The van der Waals surface area contributed by atoms with Gasteiger partial charge in [-0.05, 0) is 52.7 Å². The highest BCUT2D eigenvalue weighted by molar-refractivity contribution is 6.06. The van der Waals surface area contributed by atoms with Crippen LogP contribution in [-0.4, -0.2) is 31.9 Å². The van der Waals surface area contributed by atoms with Crippen LogP contribution in [0.2, 0.25) is 0 Å². The molecule has 0 fully saturated rings. The van der Waals surface area contributed by atoms with Crippen LogP contribution in [0.5, 0.6) is 17.2 Å². The third-order valence-electron chi connectivity index (χ3n) is 5.75. The first-order chi connectivity index (χ1) is 18.1. The number of fused-ring (bicyclic) bond motifs is 2. The number of methoxy groups -OCH3 is 1. The lowest BCUT2D eigenvalue weighted by atomic mass is 10.0. The van der Waals surface area contributed by atoms with Gasteiger partial charge in [0.15, 0.2) is 11.5 Å². The van der Waals surface area contributed by atoms with E-state index >= 15 is 0 Å². The van der Waals surface area contributed by atoms with Gasteiger partial charge in [0.1, 0.15) is 11.4 Å². The van der Waals surface area contributed by atoms with E-state index < -0.39 is 11.8 Å². The Labute approximate surface area is 213 Å². The van der Waals surface area contributed by atoms with Crippen molar-refractivity contribution in [2.24, 2.45) is 5.10 Å². The second-order valence-corrected chi connectivity index (χ2v) is 8.09. The fraction of sp³-hybridized carbons (Fsp3) is 0.0690. The second-order valence-electron chi connectivity index (χ2n) is 8.09. The minimum absolute atomic E-state index is 0.00903. The Bertz CT molecular complexity index is 1530. The highest BCUT2D eigenvalue weighted by Gasteiger charge is 2.17. The van der Waals surface area contributed by atoms with Crippen LogP contribution in [0.4, 0.5) is 0 Å².